The van der Waals surface area contributed by atoms with Gasteiger partial charge in [-0.3, -0.25) is 0 Å². The van der Waals surface area contributed by atoms with Gasteiger partial charge in [0.25, 0.3) is 0 Å². The van der Waals surface area contributed by atoms with Crippen molar-refractivity contribution in [3.63, 3.8) is 0 Å². The number of rotatable bonds is 5. The first-order chi connectivity index (χ1) is 8.79. The molecule has 0 amide bonds. The van der Waals surface area contributed by atoms with Crippen molar-refractivity contribution in [2.75, 3.05) is 23.7 Å². The summed E-state index contributed by atoms with van der Waals surface area (Å²) in [4.78, 5) is 2.52. The summed E-state index contributed by atoms with van der Waals surface area (Å²) < 4.78 is 0. The molecule has 1 aromatic rings. The standard InChI is InChI=1S/C16H26N2/c1-2-11-18(13-14-7-4-3-5-8-14)16-10-6-9-15(17)12-16/h6,9-10,12,14H,2-5,7-8,11,13,17H2,1H3. The molecule has 1 aliphatic rings. The molecule has 0 spiro atoms. The molecule has 0 atom stereocenters. The van der Waals surface area contributed by atoms with Gasteiger partial charge in [0.1, 0.15) is 0 Å². The van der Waals surface area contributed by atoms with Gasteiger partial charge in [0.2, 0.25) is 0 Å². The Morgan fingerprint density at radius 1 is 1.22 bits per heavy atom. The predicted octanol–water partition coefficient (Wildman–Crippen LogP) is 4.07. The third kappa shape index (κ3) is 3.66. The fraction of sp³-hybridized carbons (Fsp3) is 0.625. The molecule has 2 nitrogen and oxygen atoms in total. The Bertz CT molecular complexity index is 356. The van der Waals surface area contributed by atoms with Crippen molar-refractivity contribution in [3.8, 4) is 0 Å². The summed E-state index contributed by atoms with van der Waals surface area (Å²) >= 11 is 0. The lowest BCUT2D eigenvalue weighted by atomic mass is 9.89. The van der Waals surface area contributed by atoms with Gasteiger partial charge in [0.15, 0.2) is 0 Å². The molecule has 0 radical (unpaired) electrons. The fourth-order valence-electron chi connectivity index (χ4n) is 3.00. The van der Waals surface area contributed by atoms with Crippen molar-refractivity contribution in [3.05, 3.63) is 24.3 Å². The predicted molar refractivity (Wildman–Crippen MR) is 79.9 cm³/mol. The van der Waals surface area contributed by atoms with Crippen molar-refractivity contribution in [1.29, 1.82) is 0 Å². The number of benzene rings is 1. The average Bonchev–Trinajstić information content (AvgIpc) is 2.39. The number of anilines is 2. The van der Waals surface area contributed by atoms with Crippen LogP contribution in [-0.4, -0.2) is 13.1 Å². The second-order valence-corrected chi connectivity index (χ2v) is 5.55. The Labute approximate surface area is 111 Å². The van der Waals surface area contributed by atoms with Crippen LogP contribution in [0.4, 0.5) is 11.4 Å². The molecule has 1 saturated carbocycles. The monoisotopic (exact) mass is 246 g/mol. The molecule has 1 aliphatic carbocycles. The highest BCUT2D eigenvalue weighted by Gasteiger charge is 2.17. The molecule has 2 N–H and O–H groups in total. The van der Waals surface area contributed by atoms with Crippen LogP contribution in [0, 0.1) is 5.92 Å². The first-order valence-electron chi connectivity index (χ1n) is 7.40. The fourth-order valence-corrected chi connectivity index (χ4v) is 3.00. The van der Waals surface area contributed by atoms with Crippen LogP contribution in [0.2, 0.25) is 0 Å². The van der Waals surface area contributed by atoms with Crippen molar-refractivity contribution >= 4 is 11.4 Å². The van der Waals surface area contributed by atoms with E-state index in [1.54, 1.807) is 0 Å². The summed E-state index contributed by atoms with van der Waals surface area (Å²) in [7, 11) is 0. The number of nitrogens with zero attached hydrogens (tertiary/aromatic N) is 1. The van der Waals surface area contributed by atoms with Crippen LogP contribution in [0.5, 0.6) is 0 Å². The minimum Gasteiger partial charge on any atom is -0.399 e. The van der Waals surface area contributed by atoms with Crippen LogP contribution < -0.4 is 10.6 Å². The summed E-state index contributed by atoms with van der Waals surface area (Å²) in [5.41, 5.74) is 8.07. The van der Waals surface area contributed by atoms with E-state index in [0.717, 1.165) is 18.2 Å². The molecule has 2 rings (SSSR count). The third-order valence-corrected chi connectivity index (χ3v) is 3.93. The van der Waals surface area contributed by atoms with E-state index >= 15 is 0 Å². The van der Waals surface area contributed by atoms with Crippen molar-refractivity contribution in [2.24, 2.45) is 5.92 Å². The van der Waals surface area contributed by atoms with Crippen molar-refractivity contribution in [2.45, 2.75) is 45.4 Å². The third-order valence-electron chi connectivity index (χ3n) is 3.93. The summed E-state index contributed by atoms with van der Waals surface area (Å²) in [5, 5.41) is 0. The van der Waals surface area contributed by atoms with Gasteiger partial charge in [-0.25, -0.2) is 0 Å². The van der Waals surface area contributed by atoms with Crippen molar-refractivity contribution < 1.29 is 0 Å². The first-order valence-corrected chi connectivity index (χ1v) is 7.40. The summed E-state index contributed by atoms with van der Waals surface area (Å²) in [6.07, 6.45) is 8.28. The molecule has 1 aromatic carbocycles. The van der Waals surface area contributed by atoms with E-state index in [-0.39, 0.29) is 0 Å². The first kappa shape index (κ1) is 13.3. The molecule has 0 unspecified atom stereocenters. The van der Waals surface area contributed by atoms with Gasteiger partial charge >= 0.3 is 0 Å². The van der Waals surface area contributed by atoms with E-state index in [1.165, 1.54) is 50.8 Å². The Hall–Kier alpha value is -1.18. The Balaban J connectivity index is 2.02. The minimum absolute atomic E-state index is 0.872. The quantitative estimate of drug-likeness (QED) is 0.794. The second kappa shape index (κ2) is 6.67. The average molecular weight is 246 g/mol. The van der Waals surface area contributed by atoms with Crippen LogP contribution in [0.25, 0.3) is 0 Å². The van der Waals surface area contributed by atoms with Gasteiger partial charge in [-0.05, 0) is 43.4 Å². The SMILES string of the molecule is CCCN(CC1CCCCC1)c1cccc(N)c1. The highest BCUT2D eigenvalue weighted by atomic mass is 15.1. The van der Waals surface area contributed by atoms with Crippen LogP contribution in [0.1, 0.15) is 45.4 Å². The molecule has 18 heavy (non-hydrogen) atoms. The van der Waals surface area contributed by atoms with Gasteiger partial charge in [0.05, 0.1) is 0 Å². The molecular weight excluding hydrogens is 220 g/mol. The number of hydrogen-bond acceptors (Lipinski definition) is 2. The number of hydrogen-bond donors (Lipinski definition) is 1. The highest BCUT2D eigenvalue weighted by molar-refractivity contribution is 5.55. The summed E-state index contributed by atoms with van der Waals surface area (Å²) in [5.74, 6) is 0.881. The summed E-state index contributed by atoms with van der Waals surface area (Å²) in [6.45, 7) is 4.59. The maximum atomic E-state index is 5.90. The van der Waals surface area contributed by atoms with E-state index in [9.17, 15) is 0 Å². The minimum atomic E-state index is 0.872. The molecule has 0 aliphatic heterocycles. The van der Waals surface area contributed by atoms with E-state index < -0.39 is 0 Å². The molecular formula is C16H26N2. The van der Waals surface area contributed by atoms with Gasteiger partial charge < -0.3 is 10.6 Å². The zero-order chi connectivity index (χ0) is 12.8. The lowest BCUT2D eigenvalue weighted by molar-refractivity contribution is 0.358. The van der Waals surface area contributed by atoms with Gasteiger partial charge in [0, 0.05) is 24.5 Å². The Morgan fingerprint density at radius 2 is 2.00 bits per heavy atom. The molecule has 0 bridgehead atoms. The molecule has 2 heteroatoms. The second-order valence-electron chi connectivity index (χ2n) is 5.55. The zero-order valence-electron chi connectivity index (χ0n) is 11.6. The van der Waals surface area contributed by atoms with E-state index in [0.29, 0.717) is 0 Å². The topological polar surface area (TPSA) is 29.3 Å². The lowest BCUT2D eigenvalue weighted by Gasteiger charge is -2.31. The molecule has 100 valence electrons. The highest BCUT2D eigenvalue weighted by Crippen LogP contribution is 2.27. The zero-order valence-corrected chi connectivity index (χ0v) is 11.6. The number of nitrogen functional groups attached to an aromatic ring is 1. The Morgan fingerprint density at radius 3 is 2.67 bits per heavy atom. The van der Waals surface area contributed by atoms with Gasteiger partial charge in [-0.1, -0.05) is 32.3 Å². The normalized spacial score (nSPS) is 16.7. The van der Waals surface area contributed by atoms with Gasteiger partial charge in [-0.2, -0.15) is 0 Å². The number of nitrogens with two attached hydrogens (primary N) is 1. The van der Waals surface area contributed by atoms with Crippen LogP contribution in [0.15, 0.2) is 24.3 Å². The largest absolute Gasteiger partial charge is 0.399 e. The maximum absolute atomic E-state index is 5.90. The smallest absolute Gasteiger partial charge is 0.0386 e. The van der Waals surface area contributed by atoms with Crippen molar-refractivity contribution in [1.82, 2.24) is 0 Å². The van der Waals surface area contributed by atoms with Gasteiger partial charge in [-0.15, -0.1) is 0 Å². The molecule has 0 aromatic heterocycles. The lowest BCUT2D eigenvalue weighted by Crippen LogP contribution is -2.31. The van der Waals surface area contributed by atoms with E-state index in [2.05, 4.69) is 30.0 Å². The maximum Gasteiger partial charge on any atom is 0.0386 e. The summed E-state index contributed by atoms with van der Waals surface area (Å²) in [6, 6.07) is 8.33. The van der Waals surface area contributed by atoms with E-state index in [1.807, 2.05) is 6.07 Å². The van der Waals surface area contributed by atoms with E-state index in [4.69, 9.17) is 5.73 Å². The van der Waals surface area contributed by atoms with Crippen LogP contribution in [0.3, 0.4) is 0 Å². The molecule has 1 fully saturated rings. The van der Waals surface area contributed by atoms with Crippen LogP contribution in [-0.2, 0) is 0 Å². The van der Waals surface area contributed by atoms with Crippen LogP contribution >= 0.6 is 0 Å². The molecule has 0 heterocycles. The Kier molecular flexibility index (Phi) is 4.91. The molecule has 0 saturated heterocycles.